The van der Waals surface area contributed by atoms with Gasteiger partial charge in [0.15, 0.2) is 0 Å². The first kappa shape index (κ1) is 20.2. The second kappa shape index (κ2) is 10.8. The van der Waals surface area contributed by atoms with Crippen LogP contribution in [0.4, 0.5) is 0 Å². The molecule has 0 aliphatic carbocycles. The van der Waals surface area contributed by atoms with E-state index >= 15 is 0 Å². The molecule has 0 spiro atoms. The second-order valence-corrected chi connectivity index (χ2v) is 6.20. The molecule has 140 valence electrons. The smallest absolute Gasteiger partial charge is 0.118 e. The van der Waals surface area contributed by atoms with Gasteiger partial charge in [0, 0.05) is 6.42 Å². The van der Waals surface area contributed by atoms with Gasteiger partial charge in [-0.25, -0.2) is 0 Å². The van der Waals surface area contributed by atoms with Crippen LogP contribution in [0.25, 0.3) is 0 Å². The van der Waals surface area contributed by atoms with Crippen molar-refractivity contribution in [1.82, 2.24) is 0 Å². The van der Waals surface area contributed by atoms with Gasteiger partial charge in [0.05, 0.1) is 32.5 Å². The summed E-state index contributed by atoms with van der Waals surface area (Å²) in [4.78, 5) is 0. The molecule has 0 aliphatic heterocycles. The van der Waals surface area contributed by atoms with Crippen LogP contribution in [0.15, 0.2) is 67.3 Å². The number of benzene rings is 2. The summed E-state index contributed by atoms with van der Waals surface area (Å²) in [5, 5.41) is 10.7. The van der Waals surface area contributed by atoms with Crippen LogP contribution < -0.4 is 4.74 Å². The second-order valence-electron chi connectivity index (χ2n) is 6.20. The molecule has 3 atom stereocenters. The van der Waals surface area contributed by atoms with Crippen molar-refractivity contribution in [3.8, 4) is 5.75 Å². The highest BCUT2D eigenvalue weighted by molar-refractivity contribution is 5.27. The summed E-state index contributed by atoms with van der Waals surface area (Å²) in [5.41, 5.74) is 2.14. The molecule has 0 bridgehead atoms. The summed E-state index contributed by atoms with van der Waals surface area (Å²) < 4.78 is 16.8. The Balaban J connectivity index is 1.97. The van der Waals surface area contributed by atoms with Crippen LogP contribution in [0.2, 0.25) is 0 Å². The molecular formula is C22H28O4. The highest BCUT2D eigenvalue weighted by Gasteiger charge is 2.26. The van der Waals surface area contributed by atoms with Crippen LogP contribution in [0.1, 0.15) is 18.1 Å². The normalized spacial score (nSPS) is 14.4. The van der Waals surface area contributed by atoms with Crippen LogP contribution in [0, 0.1) is 0 Å². The number of hydrogen-bond acceptors (Lipinski definition) is 4. The molecule has 0 saturated heterocycles. The van der Waals surface area contributed by atoms with Gasteiger partial charge in [-0.15, -0.1) is 6.58 Å². The number of methoxy groups -OCH3 is 1. The van der Waals surface area contributed by atoms with Crippen molar-refractivity contribution in [1.29, 1.82) is 0 Å². The molecule has 1 N–H and O–H groups in total. The van der Waals surface area contributed by atoms with Crippen LogP contribution in [0.3, 0.4) is 0 Å². The fourth-order valence-corrected chi connectivity index (χ4v) is 2.67. The largest absolute Gasteiger partial charge is 0.497 e. The highest BCUT2D eigenvalue weighted by atomic mass is 16.5. The maximum atomic E-state index is 10.7. The molecule has 0 unspecified atom stereocenters. The first-order valence-electron chi connectivity index (χ1n) is 8.83. The van der Waals surface area contributed by atoms with E-state index in [1.807, 2.05) is 61.5 Å². The number of hydrogen-bond donors (Lipinski definition) is 1. The van der Waals surface area contributed by atoms with Gasteiger partial charge in [0.2, 0.25) is 0 Å². The maximum Gasteiger partial charge on any atom is 0.118 e. The first-order valence-corrected chi connectivity index (χ1v) is 8.83. The Kier molecular flexibility index (Phi) is 8.35. The molecule has 0 aliphatic rings. The third-order valence-corrected chi connectivity index (χ3v) is 4.24. The Morgan fingerprint density at radius 1 is 1.00 bits per heavy atom. The molecule has 4 nitrogen and oxygen atoms in total. The van der Waals surface area contributed by atoms with E-state index < -0.39 is 6.10 Å². The third kappa shape index (κ3) is 6.30. The van der Waals surface area contributed by atoms with Crippen molar-refractivity contribution in [3.63, 3.8) is 0 Å². The molecule has 2 aromatic carbocycles. The maximum absolute atomic E-state index is 10.7. The molecule has 0 fully saturated rings. The van der Waals surface area contributed by atoms with Gasteiger partial charge < -0.3 is 19.3 Å². The van der Waals surface area contributed by atoms with E-state index in [4.69, 9.17) is 14.2 Å². The minimum Gasteiger partial charge on any atom is -0.497 e. The lowest BCUT2D eigenvalue weighted by molar-refractivity contribution is -0.104. The topological polar surface area (TPSA) is 47.9 Å². The fourth-order valence-electron chi connectivity index (χ4n) is 2.67. The fraction of sp³-hybridized carbons (Fsp3) is 0.364. The Morgan fingerprint density at radius 2 is 1.69 bits per heavy atom. The number of aliphatic hydroxyl groups is 1. The molecule has 0 aromatic heterocycles. The summed E-state index contributed by atoms with van der Waals surface area (Å²) in [6.07, 6.45) is 0.776. The van der Waals surface area contributed by atoms with Gasteiger partial charge >= 0.3 is 0 Å². The van der Waals surface area contributed by atoms with Crippen LogP contribution in [-0.2, 0) is 22.5 Å². The third-order valence-electron chi connectivity index (χ3n) is 4.24. The Morgan fingerprint density at radius 3 is 2.31 bits per heavy atom. The average molecular weight is 356 g/mol. The molecule has 2 aromatic rings. The Hall–Kier alpha value is -2.14. The van der Waals surface area contributed by atoms with E-state index in [1.165, 1.54) is 0 Å². The summed E-state index contributed by atoms with van der Waals surface area (Å²) in [5.74, 6) is 0.803. The standard InChI is InChI=1S/C22H28O4/c1-4-14-25-21(15-18-10-12-20(24-3)13-11-18)22(23)17(2)26-16-19-8-6-5-7-9-19/h4-13,17,21-23H,1,14-16H2,2-3H3/t17-,21+,22-/m0/s1. The van der Waals surface area contributed by atoms with Crippen LogP contribution >= 0.6 is 0 Å². The molecule has 0 amide bonds. The summed E-state index contributed by atoms with van der Waals surface area (Å²) in [6, 6.07) is 17.7. The molecule has 0 saturated carbocycles. The Labute approximate surface area is 156 Å². The van der Waals surface area contributed by atoms with Crippen LogP contribution in [-0.4, -0.2) is 37.1 Å². The summed E-state index contributed by atoms with van der Waals surface area (Å²) in [7, 11) is 1.64. The minimum absolute atomic E-state index is 0.358. The molecule has 0 radical (unpaired) electrons. The highest BCUT2D eigenvalue weighted by Crippen LogP contribution is 2.18. The number of aliphatic hydroxyl groups excluding tert-OH is 1. The molecule has 4 heteroatoms. The van der Waals surface area contributed by atoms with E-state index in [9.17, 15) is 5.11 Å². The first-order chi connectivity index (χ1) is 12.6. The number of rotatable bonds is 11. The van der Waals surface area contributed by atoms with Crippen molar-refractivity contribution in [2.45, 2.75) is 38.3 Å². The van der Waals surface area contributed by atoms with Gasteiger partial charge in [-0.3, -0.25) is 0 Å². The van der Waals surface area contributed by atoms with E-state index in [2.05, 4.69) is 6.58 Å². The lowest BCUT2D eigenvalue weighted by atomic mass is 10.0. The molecule has 2 rings (SSSR count). The van der Waals surface area contributed by atoms with Crippen molar-refractivity contribution in [2.24, 2.45) is 0 Å². The summed E-state index contributed by atoms with van der Waals surface area (Å²) >= 11 is 0. The predicted molar refractivity (Wildman–Crippen MR) is 103 cm³/mol. The van der Waals surface area contributed by atoms with E-state index in [0.29, 0.717) is 19.6 Å². The molecule has 26 heavy (non-hydrogen) atoms. The lowest BCUT2D eigenvalue weighted by Crippen LogP contribution is -2.40. The lowest BCUT2D eigenvalue weighted by Gasteiger charge is -2.28. The summed E-state index contributed by atoms with van der Waals surface area (Å²) in [6.45, 7) is 6.39. The van der Waals surface area contributed by atoms with Gasteiger partial charge in [-0.2, -0.15) is 0 Å². The van der Waals surface area contributed by atoms with Gasteiger partial charge in [-0.1, -0.05) is 48.5 Å². The molecule has 0 heterocycles. The van der Waals surface area contributed by atoms with Gasteiger partial charge in [0.25, 0.3) is 0 Å². The van der Waals surface area contributed by atoms with E-state index in [-0.39, 0.29) is 12.2 Å². The monoisotopic (exact) mass is 356 g/mol. The van der Waals surface area contributed by atoms with Gasteiger partial charge in [0.1, 0.15) is 11.9 Å². The van der Waals surface area contributed by atoms with Gasteiger partial charge in [-0.05, 0) is 30.2 Å². The SMILES string of the molecule is C=CCO[C@H](Cc1ccc(OC)cc1)[C@@H](O)[C@H](C)OCc1ccccc1. The minimum atomic E-state index is -0.749. The zero-order valence-corrected chi connectivity index (χ0v) is 15.5. The van der Waals surface area contributed by atoms with Crippen LogP contribution in [0.5, 0.6) is 5.75 Å². The van der Waals surface area contributed by atoms with Crippen molar-refractivity contribution in [2.75, 3.05) is 13.7 Å². The zero-order chi connectivity index (χ0) is 18.8. The number of ether oxygens (including phenoxy) is 3. The Bertz CT molecular complexity index is 639. The predicted octanol–water partition coefficient (Wildman–Crippen LogP) is 3.78. The van der Waals surface area contributed by atoms with E-state index in [1.54, 1.807) is 13.2 Å². The van der Waals surface area contributed by atoms with E-state index in [0.717, 1.165) is 16.9 Å². The zero-order valence-electron chi connectivity index (χ0n) is 15.5. The quantitative estimate of drug-likeness (QED) is 0.623. The van der Waals surface area contributed by atoms with Crippen molar-refractivity contribution < 1.29 is 19.3 Å². The van der Waals surface area contributed by atoms with Crippen molar-refractivity contribution in [3.05, 3.63) is 78.4 Å². The average Bonchev–Trinajstić information content (AvgIpc) is 2.70. The van der Waals surface area contributed by atoms with Crippen molar-refractivity contribution >= 4 is 0 Å². The molecular weight excluding hydrogens is 328 g/mol.